The second kappa shape index (κ2) is 8.68. The Labute approximate surface area is 139 Å². The van der Waals surface area contributed by atoms with Crippen LogP contribution in [0.3, 0.4) is 0 Å². The maximum Gasteiger partial charge on any atom is 0.287 e. The Balaban J connectivity index is 1.61. The number of pyridine rings is 1. The molecule has 0 saturated carbocycles. The standard InChI is InChI=1S/C14H21N5O3S/c15-12(14(20)18-7-8-23-10-18)3-1-2-6-16-13-5-4-11(9-17-13)19(21)22/h4-5,9,12H,1-3,6-8,10,15H2,(H,16,17)/t12-/m0/s1. The van der Waals surface area contributed by atoms with E-state index < -0.39 is 11.0 Å². The summed E-state index contributed by atoms with van der Waals surface area (Å²) in [6.07, 6.45) is 3.59. The molecule has 2 heterocycles. The second-order valence-corrected chi connectivity index (χ2v) is 6.40. The van der Waals surface area contributed by atoms with Crippen molar-refractivity contribution in [2.24, 2.45) is 5.73 Å². The van der Waals surface area contributed by atoms with Crippen molar-refractivity contribution in [3.8, 4) is 0 Å². The molecule has 1 fully saturated rings. The Morgan fingerprint density at radius 1 is 1.52 bits per heavy atom. The van der Waals surface area contributed by atoms with Gasteiger partial charge in [0.2, 0.25) is 5.91 Å². The topological polar surface area (TPSA) is 114 Å². The highest BCUT2D eigenvalue weighted by Gasteiger charge is 2.23. The van der Waals surface area contributed by atoms with Gasteiger partial charge in [-0.1, -0.05) is 0 Å². The van der Waals surface area contributed by atoms with Crippen molar-refractivity contribution in [1.82, 2.24) is 9.88 Å². The lowest BCUT2D eigenvalue weighted by Crippen LogP contribution is -2.42. The van der Waals surface area contributed by atoms with Crippen molar-refractivity contribution in [2.45, 2.75) is 25.3 Å². The molecule has 1 aromatic heterocycles. The number of hydrogen-bond acceptors (Lipinski definition) is 7. The first kappa shape index (κ1) is 17.5. The van der Waals surface area contributed by atoms with Crippen molar-refractivity contribution in [1.29, 1.82) is 0 Å². The lowest BCUT2D eigenvalue weighted by Gasteiger charge is -2.19. The normalized spacial score (nSPS) is 15.4. The molecule has 0 bridgehead atoms. The van der Waals surface area contributed by atoms with E-state index in [1.807, 2.05) is 4.90 Å². The number of rotatable bonds is 8. The van der Waals surface area contributed by atoms with Crippen molar-refractivity contribution in [3.63, 3.8) is 0 Å². The fraction of sp³-hybridized carbons (Fsp3) is 0.571. The van der Waals surface area contributed by atoms with E-state index >= 15 is 0 Å². The molecule has 2 rings (SSSR count). The molecule has 0 aromatic carbocycles. The highest BCUT2D eigenvalue weighted by atomic mass is 32.2. The van der Waals surface area contributed by atoms with Crippen LogP contribution >= 0.6 is 11.8 Å². The van der Waals surface area contributed by atoms with Crippen LogP contribution in [0, 0.1) is 10.1 Å². The third-order valence-corrected chi connectivity index (χ3v) is 4.55. The Bertz CT molecular complexity index is 534. The number of thioether (sulfide) groups is 1. The Hall–Kier alpha value is -1.87. The van der Waals surface area contributed by atoms with Crippen LogP contribution in [0.25, 0.3) is 0 Å². The Kier molecular flexibility index (Phi) is 6.60. The number of nitro groups is 1. The molecule has 3 N–H and O–H groups in total. The molecule has 1 saturated heterocycles. The van der Waals surface area contributed by atoms with Crippen LogP contribution in [0.1, 0.15) is 19.3 Å². The third kappa shape index (κ3) is 5.36. The summed E-state index contributed by atoms with van der Waals surface area (Å²) in [7, 11) is 0. The predicted octanol–water partition coefficient (Wildman–Crippen LogP) is 1.43. The van der Waals surface area contributed by atoms with Gasteiger partial charge in [0.15, 0.2) is 0 Å². The first-order chi connectivity index (χ1) is 11.1. The lowest BCUT2D eigenvalue weighted by molar-refractivity contribution is -0.385. The number of amides is 1. The molecule has 1 amide bonds. The number of carbonyl (C=O) groups excluding carboxylic acids is 1. The first-order valence-electron chi connectivity index (χ1n) is 7.54. The van der Waals surface area contributed by atoms with Gasteiger partial charge in [-0.2, -0.15) is 0 Å². The lowest BCUT2D eigenvalue weighted by atomic mass is 10.1. The third-order valence-electron chi connectivity index (χ3n) is 3.59. The van der Waals surface area contributed by atoms with Crippen LogP contribution in [-0.2, 0) is 4.79 Å². The molecule has 23 heavy (non-hydrogen) atoms. The van der Waals surface area contributed by atoms with Crippen LogP contribution in [0.15, 0.2) is 18.3 Å². The minimum absolute atomic E-state index is 0.0277. The summed E-state index contributed by atoms with van der Waals surface area (Å²) >= 11 is 1.75. The number of anilines is 1. The summed E-state index contributed by atoms with van der Waals surface area (Å²) in [6.45, 7) is 1.48. The fourth-order valence-electron chi connectivity index (χ4n) is 2.25. The molecule has 1 aliphatic heterocycles. The van der Waals surface area contributed by atoms with Crippen LogP contribution in [0.5, 0.6) is 0 Å². The molecule has 0 aliphatic carbocycles. The molecule has 8 nitrogen and oxygen atoms in total. The number of unbranched alkanes of at least 4 members (excludes halogenated alkanes) is 1. The molecule has 0 unspecified atom stereocenters. The van der Waals surface area contributed by atoms with Gasteiger partial charge in [0.05, 0.1) is 16.8 Å². The van der Waals surface area contributed by atoms with E-state index in [2.05, 4.69) is 10.3 Å². The van der Waals surface area contributed by atoms with Crippen LogP contribution in [0.2, 0.25) is 0 Å². The summed E-state index contributed by atoms with van der Waals surface area (Å²) in [5.74, 6) is 2.38. The predicted molar refractivity (Wildman–Crippen MR) is 90.2 cm³/mol. The van der Waals surface area contributed by atoms with E-state index in [0.29, 0.717) is 18.8 Å². The summed E-state index contributed by atoms with van der Waals surface area (Å²) in [4.78, 5) is 27.9. The van der Waals surface area contributed by atoms with E-state index in [4.69, 9.17) is 5.73 Å². The minimum Gasteiger partial charge on any atom is -0.370 e. The van der Waals surface area contributed by atoms with Crippen molar-refractivity contribution in [3.05, 3.63) is 28.4 Å². The largest absolute Gasteiger partial charge is 0.370 e. The molecular formula is C14H21N5O3S. The highest BCUT2D eigenvalue weighted by Crippen LogP contribution is 2.15. The maximum atomic E-state index is 12.0. The zero-order chi connectivity index (χ0) is 16.7. The van der Waals surface area contributed by atoms with Crippen molar-refractivity contribution >= 4 is 29.2 Å². The minimum atomic E-state index is -0.478. The van der Waals surface area contributed by atoms with E-state index in [0.717, 1.165) is 31.0 Å². The Morgan fingerprint density at radius 2 is 2.35 bits per heavy atom. The smallest absolute Gasteiger partial charge is 0.287 e. The van der Waals surface area contributed by atoms with Crippen LogP contribution in [0.4, 0.5) is 11.5 Å². The van der Waals surface area contributed by atoms with Crippen molar-refractivity contribution in [2.75, 3.05) is 30.0 Å². The van der Waals surface area contributed by atoms with Gasteiger partial charge in [-0.3, -0.25) is 14.9 Å². The van der Waals surface area contributed by atoms with Gasteiger partial charge in [-0.15, -0.1) is 11.8 Å². The monoisotopic (exact) mass is 339 g/mol. The fourth-order valence-corrected chi connectivity index (χ4v) is 3.21. The van der Waals surface area contributed by atoms with E-state index in [9.17, 15) is 14.9 Å². The number of nitrogens with zero attached hydrogens (tertiary/aromatic N) is 3. The molecular weight excluding hydrogens is 318 g/mol. The number of nitrogens with two attached hydrogens (primary N) is 1. The maximum absolute atomic E-state index is 12.0. The van der Waals surface area contributed by atoms with Gasteiger partial charge < -0.3 is 16.0 Å². The SMILES string of the molecule is N[C@@H](CCCCNc1ccc([N+](=O)[O-])cn1)C(=O)N1CCSC1. The van der Waals surface area contributed by atoms with E-state index in [1.54, 1.807) is 17.8 Å². The second-order valence-electron chi connectivity index (χ2n) is 5.33. The Morgan fingerprint density at radius 3 is 2.96 bits per heavy atom. The van der Waals surface area contributed by atoms with Gasteiger partial charge in [-0.25, -0.2) is 4.98 Å². The van der Waals surface area contributed by atoms with Gasteiger partial charge in [0, 0.05) is 24.9 Å². The zero-order valence-electron chi connectivity index (χ0n) is 12.8. The van der Waals surface area contributed by atoms with Crippen molar-refractivity contribution < 1.29 is 9.72 Å². The molecule has 0 radical (unpaired) electrons. The zero-order valence-corrected chi connectivity index (χ0v) is 13.6. The quantitative estimate of drug-likeness (QED) is 0.418. The number of aromatic nitrogens is 1. The average molecular weight is 339 g/mol. The first-order valence-corrected chi connectivity index (χ1v) is 8.70. The van der Waals surface area contributed by atoms with E-state index in [-0.39, 0.29) is 11.6 Å². The van der Waals surface area contributed by atoms with E-state index in [1.165, 1.54) is 12.3 Å². The number of nitrogens with one attached hydrogen (secondary N) is 1. The molecule has 1 atom stereocenters. The van der Waals surface area contributed by atoms with Crippen LogP contribution < -0.4 is 11.1 Å². The summed E-state index contributed by atoms with van der Waals surface area (Å²) < 4.78 is 0. The molecule has 1 aromatic rings. The molecule has 9 heteroatoms. The summed E-state index contributed by atoms with van der Waals surface area (Å²) in [6, 6.07) is 2.57. The van der Waals surface area contributed by atoms with Gasteiger partial charge >= 0.3 is 0 Å². The van der Waals surface area contributed by atoms with Gasteiger partial charge in [0.25, 0.3) is 5.69 Å². The summed E-state index contributed by atoms with van der Waals surface area (Å²) in [5.41, 5.74) is 5.91. The number of carbonyl (C=O) groups is 1. The van der Waals surface area contributed by atoms with Gasteiger partial charge in [-0.05, 0) is 25.3 Å². The summed E-state index contributed by atoms with van der Waals surface area (Å²) in [5, 5.41) is 13.6. The molecule has 1 aliphatic rings. The van der Waals surface area contributed by atoms with Crippen LogP contribution in [-0.4, -0.2) is 51.5 Å². The highest BCUT2D eigenvalue weighted by molar-refractivity contribution is 7.99. The molecule has 0 spiro atoms. The van der Waals surface area contributed by atoms with Gasteiger partial charge in [0.1, 0.15) is 12.0 Å². The number of hydrogen-bond donors (Lipinski definition) is 2. The average Bonchev–Trinajstić information content (AvgIpc) is 3.08. The molecule has 126 valence electrons.